The van der Waals surface area contributed by atoms with Crippen molar-refractivity contribution in [3.8, 4) is 0 Å². The molecule has 0 aliphatic rings. The van der Waals surface area contributed by atoms with Crippen LogP contribution < -0.4 is 0 Å². The van der Waals surface area contributed by atoms with Crippen molar-refractivity contribution in [1.29, 1.82) is 0 Å². The molecule has 0 saturated carbocycles. The maximum atomic E-state index is 6.17. The summed E-state index contributed by atoms with van der Waals surface area (Å²) in [4.78, 5) is 4.60. The number of aromatic nitrogens is 2. The number of halogens is 1. The molecule has 0 fully saturated rings. The Morgan fingerprint density at radius 3 is 3.00 bits per heavy atom. The summed E-state index contributed by atoms with van der Waals surface area (Å²) in [6, 6.07) is 8.06. The summed E-state index contributed by atoms with van der Waals surface area (Å²) in [5.74, 6) is 0. The second-order valence-corrected chi connectivity index (χ2v) is 5.55. The Balaban J connectivity index is 1.97. The first-order valence-electron chi connectivity index (χ1n) is 5.94. The highest BCUT2D eigenvalue weighted by atomic mass is 35.5. The summed E-state index contributed by atoms with van der Waals surface area (Å²) in [5, 5.41) is 5.23. The van der Waals surface area contributed by atoms with Crippen molar-refractivity contribution < 1.29 is 0 Å². The van der Waals surface area contributed by atoms with E-state index in [-0.39, 0.29) is 0 Å². The van der Waals surface area contributed by atoms with Gasteiger partial charge in [0.15, 0.2) is 0 Å². The van der Waals surface area contributed by atoms with Crippen molar-refractivity contribution in [3.63, 3.8) is 0 Å². The normalized spacial score (nSPS) is 11.2. The zero-order valence-electron chi connectivity index (χ0n) is 10.1. The molecule has 3 rings (SSSR count). The van der Waals surface area contributed by atoms with Crippen LogP contribution in [0.25, 0.3) is 10.9 Å². The molecule has 2 aromatic heterocycles. The lowest BCUT2D eigenvalue weighted by atomic mass is 10.2. The summed E-state index contributed by atoms with van der Waals surface area (Å²) in [6.07, 6.45) is 3.07. The van der Waals surface area contributed by atoms with Crippen molar-refractivity contribution in [1.82, 2.24) is 9.55 Å². The molecule has 0 atom stereocenters. The topological polar surface area (TPSA) is 17.8 Å². The third-order valence-corrected chi connectivity index (χ3v) is 4.37. The van der Waals surface area contributed by atoms with Gasteiger partial charge in [-0.05, 0) is 24.6 Å². The molecule has 4 heteroatoms. The van der Waals surface area contributed by atoms with E-state index in [0.29, 0.717) is 0 Å². The van der Waals surface area contributed by atoms with Gasteiger partial charge in [-0.1, -0.05) is 24.6 Å². The molecule has 3 aromatic rings. The van der Waals surface area contributed by atoms with E-state index in [1.165, 1.54) is 5.01 Å². The molecule has 0 bridgehead atoms. The highest BCUT2D eigenvalue weighted by molar-refractivity contribution is 7.09. The molecule has 2 nitrogen and oxygen atoms in total. The summed E-state index contributed by atoms with van der Waals surface area (Å²) in [6.45, 7) is 2.94. The van der Waals surface area contributed by atoms with Crippen LogP contribution in [0.4, 0.5) is 0 Å². The van der Waals surface area contributed by atoms with Crippen LogP contribution in [0.3, 0.4) is 0 Å². The second kappa shape index (κ2) is 4.75. The molecule has 0 N–H and O–H groups in total. The maximum absolute atomic E-state index is 6.17. The molecular formula is C14H13ClN2S. The molecule has 0 aliphatic carbocycles. The van der Waals surface area contributed by atoms with Crippen LogP contribution in [0.1, 0.15) is 17.6 Å². The van der Waals surface area contributed by atoms with E-state index in [9.17, 15) is 0 Å². The summed E-state index contributed by atoms with van der Waals surface area (Å²) < 4.78 is 2.19. The first kappa shape index (κ1) is 11.8. The van der Waals surface area contributed by atoms with E-state index in [2.05, 4.69) is 40.2 Å². The zero-order valence-corrected chi connectivity index (χ0v) is 11.6. The minimum Gasteiger partial charge on any atom is -0.341 e. The van der Waals surface area contributed by atoms with Gasteiger partial charge in [0, 0.05) is 27.5 Å². The number of aryl methyl sites for hydroxylation is 1. The van der Waals surface area contributed by atoms with Crippen molar-refractivity contribution in [2.24, 2.45) is 0 Å². The summed E-state index contributed by atoms with van der Waals surface area (Å²) in [7, 11) is 0. The zero-order chi connectivity index (χ0) is 12.5. The highest BCUT2D eigenvalue weighted by Gasteiger charge is 2.06. The molecular weight excluding hydrogens is 264 g/mol. The molecule has 0 spiro atoms. The van der Waals surface area contributed by atoms with Gasteiger partial charge in [-0.25, -0.2) is 4.98 Å². The van der Waals surface area contributed by atoms with Gasteiger partial charge in [0.05, 0.1) is 17.2 Å². The molecule has 18 heavy (non-hydrogen) atoms. The Hall–Kier alpha value is -1.32. The Bertz CT molecular complexity index is 684. The SMILES string of the molecule is CCc1nc(Cn2ccc3c(Cl)cccc32)cs1. The van der Waals surface area contributed by atoms with Crippen LogP contribution in [0.2, 0.25) is 5.02 Å². The lowest BCUT2D eigenvalue weighted by molar-refractivity contribution is 0.808. The molecule has 0 aliphatic heterocycles. The van der Waals surface area contributed by atoms with E-state index in [4.69, 9.17) is 11.6 Å². The molecule has 0 unspecified atom stereocenters. The van der Waals surface area contributed by atoms with Crippen LogP contribution in [0.15, 0.2) is 35.8 Å². The molecule has 0 amide bonds. The van der Waals surface area contributed by atoms with Crippen LogP contribution in [-0.2, 0) is 13.0 Å². The quantitative estimate of drug-likeness (QED) is 0.695. The number of fused-ring (bicyclic) bond motifs is 1. The Kier molecular flexibility index (Phi) is 3.10. The van der Waals surface area contributed by atoms with Crippen molar-refractivity contribution >= 4 is 33.8 Å². The monoisotopic (exact) mass is 276 g/mol. The van der Waals surface area contributed by atoms with Crippen LogP contribution in [0.5, 0.6) is 0 Å². The van der Waals surface area contributed by atoms with Gasteiger partial charge in [0.2, 0.25) is 0 Å². The third kappa shape index (κ3) is 2.04. The van der Waals surface area contributed by atoms with E-state index < -0.39 is 0 Å². The third-order valence-electron chi connectivity index (χ3n) is 2.99. The summed E-state index contributed by atoms with van der Waals surface area (Å²) in [5.41, 5.74) is 2.28. The predicted molar refractivity (Wildman–Crippen MR) is 77.5 cm³/mol. The van der Waals surface area contributed by atoms with Gasteiger partial charge >= 0.3 is 0 Å². The van der Waals surface area contributed by atoms with Gasteiger partial charge in [0.1, 0.15) is 0 Å². The highest BCUT2D eigenvalue weighted by Crippen LogP contribution is 2.25. The number of thiazole rings is 1. The first-order valence-corrected chi connectivity index (χ1v) is 7.20. The predicted octanol–water partition coefficient (Wildman–Crippen LogP) is 4.36. The fourth-order valence-electron chi connectivity index (χ4n) is 2.08. The molecule has 92 valence electrons. The number of benzene rings is 1. The lowest BCUT2D eigenvalue weighted by Crippen LogP contribution is -1.98. The smallest absolute Gasteiger partial charge is 0.0926 e. The van der Waals surface area contributed by atoms with E-state index in [0.717, 1.165) is 34.6 Å². The average molecular weight is 277 g/mol. The largest absolute Gasteiger partial charge is 0.341 e. The standard InChI is InChI=1S/C14H13ClN2S/c1-2-14-16-10(9-18-14)8-17-7-6-11-12(15)4-3-5-13(11)17/h3-7,9H,2,8H2,1H3. The molecule has 0 saturated heterocycles. The van der Waals surface area contributed by atoms with Crippen LogP contribution >= 0.6 is 22.9 Å². The Morgan fingerprint density at radius 2 is 2.22 bits per heavy atom. The van der Waals surface area contributed by atoms with Crippen molar-refractivity contribution in [2.75, 3.05) is 0 Å². The minimum atomic E-state index is 0.804. The fourth-order valence-corrected chi connectivity index (χ4v) is 3.05. The van der Waals surface area contributed by atoms with Crippen LogP contribution in [-0.4, -0.2) is 9.55 Å². The molecule has 2 heterocycles. The van der Waals surface area contributed by atoms with Crippen molar-refractivity contribution in [2.45, 2.75) is 19.9 Å². The van der Waals surface area contributed by atoms with Gasteiger partial charge in [-0.3, -0.25) is 0 Å². The number of hydrogen-bond acceptors (Lipinski definition) is 2. The molecule has 1 aromatic carbocycles. The van der Waals surface area contributed by atoms with E-state index >= 15 is 0 Å². The van der Waals surface area contributed by atoms with Gasteiger partial charge in [-0.15, -0.1) is 11.3 Å². The number of rotatable bonds is 3. The van der Waals surface area contributed by atoms with Crippen molar-refractivity contribution in [3.05, 3.63) is 51.6 Å². The van der Waals surface area contributed by atoms with Gasteiger partial charge < -0.3 is 4.57 Å². The maximum Gasteiger partial charge on any atom is 0.0926 e. The number of nitrogens with zero attached hydrogens (tertiary/aromatic N) is 2. The Morgan fingerprint density at radius 1 is 1.33 bits per heavy atom. The van der Waals surface area contributed by atoms with Gasteiger partial charge in [0.25, 0.3) is 0 Å². The Labute approximate surface area is 115 Å². The molecule has 0 radical (unpaired) electrons. The van der Waals surface area contributed by atoms with E-state index in [1.54, 1.807) is 11.3 Å². The second-order valence-electron chi connectivity index (χ2n) is 4.20. The number of hydrogen-bond donors (Lipinski definition) is 0. The van der Waals surface area contributed by atoms with Crippen LogP contribution in [0, 0.1) is 0 Å². The average Bonchev–Trinajstić information content (AvgIpc) is 2.98. The fraction of sp³-hybridized carbons (Fsp3) is 0.214. The minimum absolute atomic E-state index is 0.804. The first-order chi connectivity index (χ1) is 8.78. The lowest BCUT2D eigenvalue weighted by Gasteiger charge is -2.03. The summed E-state index contributed by atoms with van der Waals surface area (Å²) >= 11 is 7.90. The van der Waals surface area contributed by atoms with E-state index in [1.807, 2.05) is 12.1 Å². The van der Waals surface area contributed by atoms with Gasteiger partial charge in [-0.2, -0.15) is 0 Å².